The minimum Gasteiger partial charge on any atom is -0.461 e. The number of anilines is 2. The Hall–Kier alpha value is -2.45. The number of rotatable bonds is 5. The van der Waals surface area contributed by atoms with Gasteiger partial charge in [0, 0.05) is 0 Å². The summed E-state index contributed by atoms with van der Waals surface area (Å²) in [5.41, 5.74) is 5.57. The second kappa shape index (κ2) is 5.46. The van der Waals surface area contributed by atoms with Crippen LogP contribution in [-0.4, -0.2) is 31.2 Å². The lowest BCUT2D eigenvalue weighted by atomic mass is 10.5. The first-order valence-electron chi connectivity index (χ1n) is 5.74. The summed E-state index contributed by atoms with van der Waals surface area (Å²) >= 11 is 0. The number of nitrogen functional groups attached to an aromatic ring is 1. The van der Waals surface area contributed by atoms with Crippen LogP contribution in [0.1, 0.15) is 25.6 Å². The standard InChI is InChI=1S/C10H15N7O2/c1-5(2)18-10-15-8(11)14-9(16-10)12-4-7-13-6(3)17-19-7/h5H,4H2,1-3H3,(H3,11,12,14,15,16). The summed E-state index contributed by atoms with van der Waals surface area (Å²) < 4.78 is 10.3. The van der Waals surface area contributed by atoms with Crippen molar-refractivity contribution in [2.24, 2.45) is 0 Å². The van der Waals surface area contributed by atoms with Crippen molar-refractivity contribution in [2.45, 2.75) is 33.4 Å². The van der Waals surface area contributed by atoms with E-state index in [-0.39, 0.29) is 18.1 Å². The molecule has 0 aromatic carbocycles. The Morgan fingerprint density at radius 2 is 2.05 bits per heavy atom. The van der Waals surface area contributed by atoms with E-state index < -0.39 is 0 Å². The number of hydrogen-bond donors (Lipinski definition) is 2. The number of aryl methyl sites for hydroxylation is 1. The lowest BCUT2D eigenvalue weighted by Crippen LogP contribution is -2.13. The molecule has 0 radical (unpaired) electrons. The molecule has 102 valence electrons. The highest BCUT2D eigenvalue weighted by molar-refractivity contribution is 5.32. The van der Waals surface area contributed by atoms with Gasteiger partial charge in [0.25, 0.3) is 0 Å². The molecule has 2 aromatic heterocycles. The Morgan fingerprint density at radius 3 is 2.68 bits per heavy atom. The average molecular weight is 265 g/mol. The van der Waals surface area contributed by atoms with E-state index in [1.54, 1.807) is 6.92 Å². The molecule has 3 N–H and O–H groups in total. The summed E-state index contributed by atoms with van der Waals surface area (Å²) in [7, 11) is 0. The van der Waals surface area contributed by atoms with Crippen molar-refractivity contribution in [1.29, 1.82) is 0 Å². The van der Waals surface area contributed by atoms with Crippen molar-refractivity contribution >= 4 is 11.9 Å². The van der Waals surface area contributed by atoms with Crippen LogP contribution in [0.15, 0.2) is 4.52 Å². The van der Waals surface area contributed by atoms with Gasteiger partial charge in [0.2, 0.25) is 17.8 Å². The quantitative estimate of drug-likeness (QED) is 0.796. The Balaban J connectivity index is 2.05. The minimum absolute atomic E-state index is 0.0479. The summed E-state index contributed by atoms with van der Waals surface area (Å²) in [6.45, 7) is 5.77. The van der Waals surface area contributed by atoms with E-state index in [0.29, 0.717) is 24.2 Å². The highest BCUT2D eigenvalue weighted by Gasteiger charge is 2.08. The predicted molar refractivity (Wildman–Crippen MR) is 66.4 cm³/mol. The van der Waals surface area contributed by atoms with Crippen LogP contribution in [-0.2, 0) is 6.54 Å². The molecule has 0 aliphatic heterocycles. The van der Waals surface area contributed by atoms with Gasteiger partial charge in [-0.3, -0.25) is 0 Å². The molecule has 0 amide bonds. The van der Waals surface area contributed by atoms with Gasteiger partial charge in [-0.1, -0.05) is 5.16 Å². The van der Waals surface area contributed by atoms with Crippen molar-refractivity contribution in [3.8, 4) is 6.01 Å². The van der Waals surface area contributed by atoms with Crippen molar-refractivity contribution in [2.75, 3.05) is 11.1 Å². The van der Waals surface area contributed by atoms with Gasteiger partial charge in [0.1, 0.15) is 0 Å². The molecule has 9 heteroatoms. The second-order valence-electron chi connectivity index (χ2n) is 4.06. The largest absolute Gasteiger partial charge is 0.461 e. The molecule has 2 heterocycles. The lowest BCUT2D eigenvalue weighted by molar-refractivity contribution is 0.222. The SMILES string of the molecule is Cc1noc(CNc2nc(N)nc(OC(C)C)n2)n1. The molecular formula is C10H15N7O2. The molecule has 2 aromatic rings. The van der Waals surface area contributed by atoms with E-state index in [0.717, 1.165) is 0 Å². The molecule has 19 heavy (non-hydrogen) atoms. The molecule has 0 aliphatic carbocycles. The number of nitrogens with two attached hydrogens (primary N) is 1. The van der Waals surface area contributed by atoms with Gasteiger partial charge in [-0.15, -0.1) is 0 Å². The zero-order valence-electron chi connectivity index (χ0n) is 10.9. The zero-order valence-corrected chi connectivity index (χ0v) is 10.9. The van der Waals surface area contributed by atoms with E-state index in [2.05, 4.69) is 30.4 Å². The average Bonchev–Trinajstić information content (AvgIpc) is 2.71. The number of nitrogens with zero attached hydrogens (tertiary/aromatic N) is 5. The zero-order chi connectivity index (χ0) is 13.8. The summed E-state index contributed by atoms with van der Waals surface area (Å²) in [4.78, 5) is 15.9. The third kappa shape index (κ3) is 3.76. The minimum atomic E-state index is -0.0479. The van der Waals surface area contributed by atoms with Crippen molar-refractivity contribution in [1.82, 2.24) is 25.1 Å². The van der Waals surface area contributed by atoms with Gasteiger partial charge >= 0.3 is 6.01 Å². The Labute approximate surface area is 109 Å². The smallest absolute Gasteiger partial charge is 0.323 e. The van der Waals surface area contributed by atoms with Crippen LogP contribution >= 0.6 is 0 Å². The van der Waals surface area contributed by atoms with E-state index in [1.165, 1.54) is 0 Å². The Kier molecular flexibility index (Phi) is 3.74. The van der Waals surface area contributed by atoms with Crippen LogP contribution in [0.5, 0.6) is 6.01 Å². The normalized spacial score (nSPS) is 10.7. The molecule has 0 aliphatic rings. The molecule has 0 bridgehead atoms. The summed E-state index contributed by atoms with van der Waals surface area (Å²) in [6, 6.07) is 0.173. The third-order valence-corrected chi connectivity index (χ3v) is 1.94. The highest BCUT2D eigenvalue weighted by Crippen LogP contribution is 2.11. The van der Waals surface area contributed by atoms with E-state index in [4.69, 9.17) is 15.0 Å². The molecule has 0 saturated heterocycles. The molecule has 0 saturated carbocycles. The molecule has 0 fully saturated rings. The van der Waals surface area contributed by atoms with Gasteiger partial charge < -0.3 is 20.3 Å². The fraction of sp³-hybridized carbons (Fsp3) is 0.500. The number of aromatic nitrogens is 5. The maximum atomic E-state index is 5.57. The van der Waals surface area contributed by atoms with Gasteiger partial charge in [0.05, 0.1) is 12.6 Å². The van der Waals surface area contributed by atoms with Crippen molar-refractivity contribution in [3.05, 3.63) is 11.7 Å². The lowest BCUT2D eigenvalue weighted by Gasteiger charge is -2.09. The molecule has 0 unspecified atom stereocenters. The topological polar surface area (TPSA) is 125 Å². The van der Waals surface area contributed by atoms with Gasteiger partial charge in [-0.05, 0) is 20.8 Å². The van der Waals surface area contributed by atoms with Crippen LogP contribution in [0.3, 0.4) is 0 Å². The fourth-order valence-corrected chi connectivity index (χ4v) is 1.28. The molecule has 0 spiro atoms. The molecule has 9 nitrogen and oxygen atoms in total. The molecule has 2 rings (SSSR count). The fourth-order valence-electron chi connectivity index (χ4n) is 1.28. The number of ether oxygens (including phenoxy) is 1. The third-order valence-electron chi connectivity index (χ3n) is 1.94. The predicted octanol–water partition coefficient (Wildman–Crippen LogP) is 0.545. The molecule has 0 atom stereocenters. The first-order chi connectivity index (χ1) is 9.02. The monoisotopic (exact) mass is 265 g/mol. The first-order valence-corrected chi connectivity index (χ1v) is 5.74. The summed E-state index contributed by atoms with van der Waals surface area (Å²) in [6.07, 6.45) is -0.0479. The van der Waals surface area contributed by atoms with Crippen molar-refractivity contribution in [3.63, 3.8) is 0 Å². The van der Waals surface area contributed by atoms with Crippen LogP contribution < -0.4 is 15.8 Å². The number of hydrogen-bond acceptors (Lipinski definition) is 9. The summed E-state index contributed by atoms with van der Waals surface area (Å²) in [5, 5.41) is 6.58. The van der Waals surface area contributed by atoms with Crippen LogP contribution in [0, 0.1) is 6.92 Å². The first kappa shape index (κ1) is 13.0. The van der Waals surface area contributed by atoms with E-state index in [9.17, 15) is 0 Å². The Morgan fingerprint density at radius 1 is 1.26 bits per heavy atom. The van der Waals surface area contributed by atoms with Crippen molar-refractivity contribution < 1.29 is 9.26 Å². The highest BCUT2D eigenvalue weighted by atomic mass is 16.5. The maximum absolute atomic E-state index is 5.57. The number of nitrogens with one attached hydrogen (secondary N) is 1. The van der Waals surface area contributed by atoms with Crippen LogP contribution in [0.25, 0.3) is 0 Å². The molecular weight excluding hydrogens is 250 g/mol. The van der Waals surface area contributed by atoms with Gasteiger partial charge in [-0.2, -0.15) is 19.9 Å². The maximum Gasteiger partial charge on any atom is 0.323 e. The Bertz CT molecular complexity index is 555. The van der Waals surface area contributed by atoms with E-state index in [1.807, 2.05) is 13.8 Å². The van der Waals surface area contributed by atoms with Gasteiger partial charge in [0.15, 0.2) is 5.82 Å². The van der Waals surface area contributed by atoms with Crippen LogP contribution in [0.4, 0.5) is 11.9 Å². The van der Waals surface area contributed by atoms with Gasteiger partial charge in [-0.25, -0.2) is 0 Å². The van der Waals surface area contributed by atoms with E-state index >= 15 is 0 Å². The second-order valence-corrected chi connectivity index (χ2v) is 4.06. The van der Waals surface area contributed by atoms with Crippen LogP contribution in [0.2, 0.25) is 0 Å². The summed E-state index contributed by atoms with van der Waals surface area (Å²) in [5.74, 6) is 1.37.